The van der Waals surface area contributed by atoms with Crippen LogP contribution in [0.5, 0.6) is 0 Å². The molecule has 1 atom stereocenters. The molecule has 0 spiro atoms. The van der Waals surface area contributed by atoms with E-state index in [0.29, 0.717) is 13.0 Å². The van der Waals surface area contributed by atoms with Gasteiger partial charge in [-0.25, -0.2) is 0 Å². The van der Waals surface area contributed by atoms with Gasteiger partial charge in [0, 0.05) is 31.1 Å². The molecule has 1 aromatic rings. The maximum atomic E-state index is 11.1. The highest BCUT2D eigenvalue weighted by molar-refractivity contribution is 5.69. The number of hydrogen-bond acceptors (Lipinski definition) is 5. The summed E-state index contributed by atoms with van der Waals surface area (Å²) in [6.45, 7) is 5.04. The third kappa shape index (κ3) is 5.40. The predicted molar refractivity (Wildman–Crippen MR) is 64.3 cm³/mol. The number of hydrogen-bond donors (Lipinski definition) is 1. The van der Waals surface area contributed by atoms with E-state index >= 15 is 0 Å². The fourth-order valence-electron chi connectivity index (χ4n) is 1.42. The summed E-state index contributed by atoms with van der Waals surface area (Å²) in [5.74, 6) is -0.138. The predicted octanol–water partition coefficient (Wildman–Crippen LogP) is 1.47. The molecule has 5 heteroatoms. The second-order valence-electron chi connectivity index (χ2n) is 3.71. The fraction of sp³-hybridized carbons (Fsp3) is 0.583. The van der Waals surface area contributed by atoms with E-state index in [-0.39, 0.29) is 12.0 Å². The quantitative estimate of drug-likeness (QED) is 0.574. The maximum absolute atomic E-state index is 11.1. The maximum Gasteiger partial charge on any atom is 0.305 e. The summed E-state index contributed by atoms with van der Waals surface area (Å²) in [7, 11) is 0. The molecule has 0 saturated carbocycles. The minimum atomic E-state index is -0.138. The molecule has 17 heavy (non-hydrogen) atoms. The zero-order valence-electron chi connectivity index (χ0n) is 10.3. The van der Waals surface area contributed by atoms with Crippen molar-refractivity contribution in [2.75, 3.05) is 13.2 Å². The van der Waals surface area contributed by atoms with Crippen LogP contribution in [0.4, 0.5) is 0 Å². The average molecular weight is 237 g/mol. The first-order valence-electron chi connectivity index (χ1n) is 5.89. The number of nitrogens with one attached hydrogen (secondary N) is 1. The van der Waals surface area contributed by atoms with Crippen LogP contribution >= 0.6 is 0 Å². The molecule has 1 unspecified atom stereocenters. The van der Waals surface area contributed by atoms with E-state index in [4.69, 9.17) is 4.74 Å². The largest absolute Gasteiger partial charge is 0.466 e. The van der Waals surface area contributed by atoms with Crippen LogP contribution in [-0.4, -0.2) is 29.1 Å². The SMILES string of the molecule is CCOC(=O)CCCNC(C)c1cnccn1. The number of ether oxygens (including phenoxy) is 1. The Bertz CT molecular complexity index is 330. The van der Waals surface area contributed by atoms with Crippen molar-refractivity contribution in [3.05, 3.63) is 24.3 Å². The van der Waals surface area contributed by atoms with E-state index in [1.165, 1.54) is 0 Å². The van der Waals surface area contributed by atoms with Crippen LogP contribution in [0, 0.1) is 0 Å². The molecule has 0 fully saturated rings. The van der Waals surface area contributed by atoms with Crippen LogP contribution in [0.1, 0.15) is 38.4 Å². The fourth-order valence-corrected chi connectivity index (χ4v) is 1.42. The van der Waals surface area contributed by atoms with Gasteiger partial charge in [0.15, 0.2) is 0 Å². The molecule has 0 amide bonds. The lowest BCUT2D eigenvalue weighted by atomic mass is 10.2. The number of nitrogens with zero attached hydrogens (tertiary/aromatic N) is 2. The molecule has 0 bridgehead atoms. The summed E-state index contributed by atoms with van der Waals surface area (Å²) < 4.78 is 4.84. The summed E-state index contributed by atoms with van der Waals surface area (Å²) in [5, 5.41) is 3.29. The molecule has 0 radical (unpaired) electrons. The van der Waals surface area contributed by atoms with Crippen molar-refractivity contribution in [3.8, 4) is 0 Å². The Balaban J connectivity index is 2.17. The highest BCUT2D eigenvalue weighted by atomic mass is 16.5. The Morgan fingerprint density at radius 3 is 3.00 bits per heavy atom. The Morgan fingerprint density at radius 1 is 1.53 bits per heavy atom. The van der Waals surface area contributed by atoms with Crippen LogP contribution in [0.3, 0.4) is 0 Å². The summed E-state index contributed by atoms with van der Waals surface area (Å²) in [6, 6.07) is 0.144. The van der Waals surface area contributed by atoms with Crippen molar-refractivity contribution in [3.63, 3.8) is 0 Å². The Labute approximate surface area is 102 Å². The second-order valence-corrected chi connectivity index (χ2v) is 3.71. The molecule has 0 aliphatic heterocycles. The molecule has 1 aromatic heterocycles. The first-order chi connectivity index (χ1) is 8.24. The van der Waals surface area contributed by atoms with Gasteiger partial charge in [0.1, 0.15) is 0 Å². The Morgan fingerprint density at radius 2 is 2.35 bits per heavy atom. The third-order valence-electron chi connectivity index (χ3n) is 2.34. The molecule has 0 aromatic carbocycles. The van der Waals surface area contributed by atoms with Crippen molar-refractivity contribution in [1.82, 2.24) is 15.3 Å². The lowest BCUT2D eigenvalue weighted by molar-refractivity contribution is -0.143. The first kappa shape index (κ1) is 13.6. The summed E-state index contributed by atoms with van der Waals surface area (Å²) in [6.07, 6.45) is 6.28. The van der Waals surface area contributed by atoms with Crippen molar-refractivity contribution >= 4 is 5.97 Å². The Kier molecular flexibility index (Phi) is 6.17. The van der Waals surface area contributed by atoms with E-state index in [1.807, 2.05) is 13.8 Å². The summed E-state index contributed by atoms with van der Waals surface area (Å²) >= 11 is 0. The van der Waals surface area contributed by atoms with Crippen LogP contribution in [0.25, 0.3) is 0 Å². The van der Waals surface area contributed by atoms with Gasteiger partial charge in [-0.1, -0.05) is 0 Å². The van der Waals surface area contributed by atoms with E-state index in [9.17, 15) is 4.79 Å². The average Bonchev–Trinajstić information content (AvgIpc) is 2.36. The lowest BCUT2D eigenvalue weighted by Gasteiger charge is -2.12. The van der Waals surface area contributed by atoms with Crippen LogP contribution < -0.4 is 5.32 Å². The monoisotopic (exact) mass is 237 g/mol. The highest BCUT2D eigenvalue weighted by Crippen LogP contribution is 2.06. The minimum absolute atomic E-state index is 0.138. The van der Waals surface area contributed by atoms with E-state index in [2.05, 4.69) is 15.3 Å². The molecule has 0 aliphatic carbocycles. The van der Waals surface area contributed by atoms with Crippen LogP contribution in [-0.2, 0) is 9.53 Å². The van der Waals surface area contributed by atoms with Gasteiger partial charge in [-0.15, -0.1) is 0 Å². The number of esters is 1. The van der Waals surface area contributed by atoms with Crippen molar-refractivity contribution in [2.45, 2.75) is 32.7 Å². The van der Waals surface area contributed by atoms with Gasteiger partial charge in [-0.2, -0.15) is 0 Å². The third-order valence-corrected chi connectivity index (χ3v) is 2.34. The first-order valence-corrected chi connectivity index (χ1v) is 5.89. The smallest absolute Gasteiger partial charge is 0.305 e. The molecule has 0 aliphatic rings. The van der Waals surface area contributed by atoms with E-state index in [1.54, 1.807) is 18.6 Å². The van der Waals surface area contributed by atoms with Gasteiger partial charge in [0.05, 0.1) is 12.3 Å². The standard InChI is InChI=1S/C12H19N3O2/c1-3-17-12(16)5-4-6-14-10(2)11-9-13-7-8-15-11/h7-10,14H,3-6H2,1-2H3. The van der Waals surface area contributed by atoms with Crippen molar-refractivity contribution in [2.24, 2.45) is 0 Å². The van der Waals surface area contributed by atoms with Gasteiger partial charge in [-0.3, -0.25) is 14.8 Å². The number of aromatic nitrogens is 2. The van der Waals surface area contributed by atoms with Gasteiger partial charge >= 0.3 is 5.97 Å². The Hall–Kier alpha value is -1.49. The second kappa shape index (κ2) is 7.73. The summed E-state index contributed by atoms with van der Waals surface area (Å²) in [4.78, 5) is 19.3. The van der Waals surface area contributed by atoms with Crippen LogP contribution in [0.15, 0.2) is 18.6 Å². The molecule has 5 nitrogen and oxygen atoms in total. The van der Waals surface area contributed by atoms with E-state index in [0.717, 1.165) is 18.7 Å². The van der Waals surface area contributed by atoms with Crippen molar-refractivity contribution < 1.29 is 9.53 Å². The number of carbonyl (C=O) groups is 1. The van der Waals surface area contributed by atoms with Crippen LogP contribution in [0.2, 0.25) is 0 Å². The van der Waals surface area contributed by atoms with Gasteiger partial charge < -0.3 is 10.1 Å². The zero-order valence-corrected chi connectivity index (χ0v) is 10.3. The molecule has 0 saturated heterocycles. The summed E-state index contributed by atoms with van der Waals surface area (Å²) in [5.41, 5.74) is 0.906. The molecule has 1 heterocycles. The number of carbonyl (C=O) groups excluding carboxylic acids is 1. The van der Waals surface area contributed by atoms with Gasteiger partial charge in [0.2, 0.25) is 0 Å². The lowest BCUT2D eigenvalue weighted by Crippen LogP contribution is -2.21. The minimum Gasteiger partial charge on any atom is -0.466 e. The van der Waals surface area contributed by atoms with Gasteiger partial charge in [-0.05, 0) is 26.8 Å². The van der Waals surface area contributed by atoms with E-state index < -0.39 is 0 Å². The molecule has 1 rings (SSSR count). The highest BCUT2D eigenvalue weighted by Gasteiger charge is 2.06. The van der Waals surface area contributed by atoms with Crippen molar-refractivity contribution in [1.29, 1.82) is 0 Å². The number of rotatable bonds is 7. The molecular weight excluding hydrogens is 218 g/mol. The zero-order chi connectivity index (χ0) is 12.5. The topological polar surface area (TPSA) is 64.1 Å². The molecular formula is C12H19N3O2. The molecule has 1 N–H and O–H groups in total. The van der Waals surface area contributed by atoms with Gasteiger partial charge in [0.25, 0.3) is 0 Å². The molecule has 94 valence electrons. The normalized spacial score (nSPS) is 12.1.